The number of nitrogens with zero attached hydrogens (tertiary/aromatic N) is 3. The molecule has 1 N–H and O–H groups in total. The van der Waals surface area contributed by atoms with Crippen LogP contribution >= 0.6 is 27.5 Å². The molecule has 0 aliphatic carbocycles. The van der Waals surface area contributed by atoms with Crippen LogP contribution in [0.5, 0.6) is 0 Å². The Kier molecular flexibility index (Phi) is 9.58. The van der Waals surface area contributed by atoms with E-state index in [0.717, 1.165) is 32.7 Å². The van der Waals surface area contributed by atoms with Crippen molar-refractivity contribution in [3.8, 4) is 10.6 Å². The zero-order valence-corrected chi connectivity index (χ0v) is 20.9. The van der Waals surface area contributed by atoms with Gasteiger partial charge in [0.25, 0.3) is 0 Å². The van der Waals surface area contributed by atoms with Crippen LogP contribution in [0.25, 0.3) is 10.6 Å². The van der Waals surface area contributed by atoms with E-state index in [0.29, 0.717) is 12.4 Å². The van der Waals surface area contributed by atoms with E-state index in [1.165, 1.54) is 17.6 Å². The topological polar surface area (TPSA) is 58.1 Å². The minimum Gasteiger partial charge on any atom is -0.374 e. The SMILES string of the molecule is CC.CC.Cc1nsc(-c2ccc(F)c(NCC(=O)N3CCc4c(Br)cccc43)c2)n1. The second-order valence-corrected chi connectivity index (χ2v) is 7.83. The van der Waals surface area contributed by atoms with Crippen molar-refractivity contribution in [3.63, 3.8) is 0 Å². The van der Waals surface area contributed by atoms with Gasteiger partial charge in [0.1, 0.15) is 16.6 Å². The highest BCUT2D eigenvalue weighted by molar-refractivity contribution is 9.10. The first kappa shape index (κ1) is 24.9. The number of hydrogen-bond donors (Lipinski definition) is 1. The van der Waals surface area contributed by atoms with Crippen molar-refractivity contribution in [2.45, 2.75) is 41.0 Å². The van der Waals surface area contributed by atoms with Gasteiger partial charge in [-0.05, 0) is 60.8 Å². The summed E-state index contributed by atoms with van der Waals surface area (Å²) >= 11 is 4.79. The normalized spacial score (nSPS) is 11.6. The Morgan fingerprint density at radius 2 is 1.97 bits per heavy atom. The number of rotatable bonds is 4. The largest absolute Gasteiger partial charge is 0.374 e. The average molecular weight is 507 g/mol. The van der Waals surface area contributed by atoms with E-state index in [1.54, 1.807) is 17.0 Å². The Labute approximate surface area is 196 Å². The van der Waals surface area contributed by atoms with Crippen LogP contribution in [-0.4, -0.2) is 28.4 Å². The lowest BCUT2D eigenvalue weighted by Gasteiger charge is -2.18. The van der Waals surface area contributed by atoms with Crippen molar-refractivity contribution in [1.82, 2.24) is 9.36 Å². The average Bonchev–Trinajstić information content (AvgIpc) is 3.43. The number of carbonyl (C=O) groups excluding carboxylic acids is 1. The quantitative estimate of drug-likeness (QED) is 0.440. The molecule has 0 radical (unpaired) electrons. The zero-order chi connectivity index (χ0) is 23.0. The number of nitrogens with one attached hydrogen (secondary N) is 1. The number of halogens is 2. The van der Waals surface area contributed by atoms with Gasteiger partial charge in [-0.3, -0.25) is 4.79 Å². The highest BCUT2D eigenvalue weighted by Crippen LogP contribution is 2.33. The van der Waals surface area contributed by atoms with Crippen LogP contribution in [0.3, 0.4) is 0 Å². The van der Waals surface area contributed by atoms with Crippen LogP contribution in [0.4, 0.5) is 15.8 Å². The van der Waals surface area contributed by atoms with E-state index in [1.807, 2.05) is 52.8 Å². The smallest absolute Gasteiger partial charge is 0.246 e. The number of benzene rings is 2. The van der Waals surface area contributed by atoms with E-state index in [9.17, 15) is 9.18 Å². The van der Waals surface area contributed by atoms with Crippen molar-refractivity contribution >= 4 is 44.7 Å². The molecule has 1 aliphatic heterocycles. The molecular weight excluding hydrogens is 479 g/mol. The maximum atomic E-state index is 14.2. The van der Waals surface area contributed by atoms with Crippen molar-refractivity contribution in [1.29, 1.82) is 0 Å². The molecule has 5 nitrogen and oxygen atoms in total. The maximum Gasteiger partial charge on any atom is 0.246 e. The van der Waals surface area contributed by atoms with E-state index in [4.69, 9.17) is 0 Å². The van der Waals surface area contributed by atoms with Gasteiger partial charge in [0.15, 0.2) is 0 Å². The number of carbonyl (C=O) groups is 1. The first-order chi connectivity index (χ1) is 15.0. The molecule has 0 saturated heterocycles. The highest BCUT2D eigenvalue weighted by Gasteiger charge is 2.25. The third kappa shape index (κ3) is 5.89. The number of fused-ring (bicyclic) bond motifs is 1. The van der Waals surface area contributed by atoms with E-state index >= 15 is 0 Å². The fourth-order valence-corrected chi connectivity index (χ4v) is 4.34. The summed E-state index contributed by atoms with van der Waals surface area (Å²) in [5.41, 5.74) is 3.09. The van der Waals surface area contributed by atoms with Crippen LogP contribution in [0.15, 0.2) is 40.9 Å². The highest BCUT2D eigenvalue weighted by atomic mass is 79.9. The molecule has 3 aromatic rings. The molecule has 1 aromatic heterocycles. The Morgan fingerprint density at radius 3 is 2.65 bits per heavy atom. The summed E-state index contributed by atoms with van der Waals surface area (Å²) in [5, 5.41) is 3.65. The first-order valence-electron chi connectivity index (χ1n) is 10.4. The monoisotopic (exact) mass is 506 g/mol. The van der Waals surface area contributed by atoms with Crippen LogP contribution in [0, 0.1) is 12.7 Å². The van der Waals surface area contributed by atoms with Gasteiger partial charge in [0.2, 0.25) is 5.91 Å². The predicted octanol–water partition coefficient (Wildman–Crippen LogP) is 6.47. The number of hydrogen-bond acceptors (Lipinski definition) is 5. The van der Waals surface area contributed by atoms with E-state index in [-0.39, 0.29) is 18.1 Å². The second kappa shape index (κ2) is 11.9. The summed E-state index contributed by atoms with van der Waals surface area (Å²) in [7, 11) is 0. The van der Waals surface area contributed by atoms with Crippen molar-refractivity contribution in [3.05, 3.63) is 58.1 Å². The molecule has 0 fully saturated rings. The van der Waals surface area contributed by atoms with Crippen molar-refractivity contribution < 1.29 is 9.18 Å². The van der Waals surface area contributed by atoms with Gasteiger partial charge in [-0.15, -0.1) is 0 Å². The summed E-state index contributed by atoms with van der Waals surface area (Å²) in [6.07, 6.45) is 0.808. The molecule has 1 amide bonds. The molecule has 0 unspecified atom stereocenters. The van der Waals surface area contributed by atoms with Gasteiger partial charge in [-0.25, -0.2) is 9.37 Å². The van der Waals surface area contributed by atoms with Crippen LogP contribution in [0.2, 0.25) is 0 Å². The summed E-state index contributed by atoms with van der Waals surface area (Å²) < 4.78 is 19.3. The summed E-state index contributed by atoms with van der Waals surface area (Å²) in [6.45, 7) is 10.5. The summed E-state index contributed by atoms with van der Waals surface area (Å²) in [6, 6.07) is 10.5. The summed E-state index contributed by atoms with van der Waals surface area (Å²) in [4.78, 5) is 18.7. The summed E-state index contributed by atoms with van der Waals surface area (Å²) in [5.74, 6) is 0.184. The molecule has 0 bridgehead atoms. The van der Waals surface area contributed by atoms with Crippen molar-refractivity contribution in [2.24, 2.45) is 0 Å². The Bertz CT molecular complexity index is 1020. The Hall–Kier alpha value is -2.32. The third-order valence-corrected chi connectivity index (χ3v) is 6.04. The van der Waals surface area contributed by atoms with Crippen LogP contribution in [-0.2, 0) is 11.2 Å². The fourth-order valence-electron chi connectivity index (χ4n) is 3.13. The van der Waals surface area contributed by atoms with Crippen LogP contribution in [0.1, 0.15) is 39.1 Å². The zero-order valence-electron chi connectivity index (χ0n) is 18.5. The molecule has 0 atom stereocenters. The first-order valence-corrected chi connectivity index (χ1v) is 12.0. The molecule has 166 valence electrons. The maximum absolute atomic E-state index is 14.2. The Balaban J connectivity index is 0.000000807. The number of aryl methyl sites for hydroxylation is 1. The molecule has 2 heterocycles. The van der Waals surface area contributed by atoms with Gasteiger partial charge in [-0.1, -0.05) is 49.7 Å². The van der Waals surface area contributed by atoms with Gasteiger partial charge < -0.3 is 10.2 Å². The Morgan fingerprint density at radius 1 is 1.23 bits per heavy atom. The number of aromatic nitrogens is 2. The molecule has 0 spiro atoms. The van der Waals surface area contributed by atoms with Gasteiger partial charge >= 0.3 is 0 Å². The molecule has 4 rings (SSSR count). The van der Waals surface area contributed by atoms with Gasteiger partial charge in [0, 0.05) is 22.3 Å². The van der Waals surface area contributed by atoms with Gasteiger partial charge in [-0.2, -0.15) is 4.37 Å². The predicted molar refractivity (Wildman–Crippen MR) is 131 cm³/mol. The molecule has 31 heavy (non-hydrogen) atoms. The second-order valence-electron chi connectivity index (χ2n) is 6.23. The van der Waals surface area contributed by atoms with Gasteiger partial charge in [0.05, 0.1) is 12.2 Å². The minimum absolute atomic E-state index is 0.0154. The minimum atomic E-state index is -0.405. The lowest BCUT2D eigenvalue weighted by atomic mass is 10.2. The lowest BCUT2D eigenvalue weighted by molar-refractivity contribution is -0.116. The van der Waals surface area contributed by atoms with E-state index < -0.39 is 5.82 Å². The van der Waals surface area contributed by atoms with Crippen molar-refractivity contribution in [2.75, 3.05) is 23.3 Å². The lowest BCUT2D eigenvalue weighted by Crippen LogP contribution is -2.34. The van der Waals surface area contributed by atoms with E-state index in [2.05, 4.69) is 30.6 Å². The standard InChI is InChI=1S/C19H16BrFN4OS.2C2H6/c1-11-23-19(27-24-11)12-5-6-15(21)16(9-12)22-10-18(26)25-8-7-13-14(20)3-2-4-17(13)25;2*1-2/h2-6,9,22H,7-8,10H2,1H3;2*1-2H3. The molecule has 2 aromatic carbocycles. The number of amides is 1. The molecular formula is C23H28BrFN4OS. The fraction of sp³-hybridized carbons (Fsp3) is 0.348. The third-order valence-electron chi connectivity index (χ3n) is 4.44. The number of anilines is 2. The molecule has 8 heteroatoms. The molecule has 1 aliphatic rings. The van der Waals surface area contributed by atoms with Crippen LogP contribution < -0.4 is 10.2 Å². The molecule has 0 saturated carbocycles.